The number of rotatable bonds is 3. The van der Waals surface area contributed by atoms with Crippen LogP contribution < -0.4 is 10.1 Å². The van der Waals surface area contributed by atoms with Gasteiger partial charge in [-0.25, -0.2) is 4.98 Å². The zero-order valence-corrected chi connectivity index (χ0v) is 10.8. The molecule has 1 aromatic rings. The molecule has 17 heavy (non-hydrogen) atoms. The number of methoxy groups -OCH3 is 1. The standard InChI is InChI=1S/C13H21N3O/c1-10-8-16(11(2)7-15-10)9-12-5-4-6-14-13(12)17-3/h4-6,10-11,15H,7-9H2,1-3H3. The van der Waals surface area contributed by atoms with Crippen LogP contribution in [-0.2, 0) is 6.54 Å². The predicted octanol–water partition coefficient (Wildman–Crippen LogP) is 1.27. The first-order valence-corrected chi connectivity index (χ1v) is 6.16. The Morgan fingerprint density at radius 1 is 1.53 bits per heavy atom. The van der Waals surface area contributed by atoms with Crippen LogP contribution in [0, 0.1) is 0 Å². The fourth-order valence-corrected chi connectivity index (χ4v) is 2.26. The van der Waals surface area contributed by atoms with E-state index in [4.69, 9.17) is 4.74 Å². The summed E-state index contributed by atoms with van der Waals surface area (Å²) in [4.78, 5) is 6.72. The van der Waals surface area contributed by atoms with E-state index in [0.717, 1.165) is 31.1 Å². The van der Waals surface area contributed by atoms with Gasteiger partial charge in [-0.05, 0) is 19.9 Å². The normalized spacial score (nSPS) is 25.8. The van der Waals surface area contributed by atoms with Gasteiger partial charge in [0, 0.05) is 43.5 Å². The maximum absolute atomic E-state index is 5.30. The molecule has 2 atom stereocenters. The van der Waals surface area contributed by atoms with Crippen LogP contribution in [0.25, 0.3) is 0 Å². The van der Waals surface area contributed by atoms with Gasteiger partial charge in [0.25, 0.3) is 0 Å². The average molecular weight is 235 g/mol. The van der Waals surface area contributed by atoms with E-state index < -0.39 is 0 Å². The maximum atomic E-state index is 5.30. The number of nitrogens with one attached hydrogen (secondary N) is 1. The smallest absolute Gasteiger partial charge is 0.217 e. The number of hydrogen-bond donors (Lipinski definition) is 1. The summed E-state index contributed by atoms with van der Waals surface area (Å²) in [6.45, 7) is 7.49. The minimum absolute atomic E-state index is 0.550. The molecule has 4 nitrogen and oxygen atoms in total. The first-order valence-electron chi connectivity index (χ1n) is 6.16. The summed E-state index contributed by atoms with van der Waals surface area (Å²) in [5.41, 5.74) is 1.16. The van der Waals surface area contributed by atoms with Gasteiger partial charge in [0.15, 0.2) is 0 Å². The highest BCUT2D eigenvalue weighted by atomic mass is 16.5. The van der Waals surface area contributed by atoms with Crippen molar-refractivity contribution in [1.29, 1.82) is 0 Å². The van der Waals surface area contributed by atoms with Crippen LogP contribution >= 0.6 is 0 Å². The van der Waals surface area contributed by atoms with E-state index in [0.29, 0.717) is 12.1 Å². The molecule has 0 aromatic carbocycles. The Morgan fingerprint density at radius 2 is 2.35 bits per heavy atom. The van der Waals surface area contributed by atoms with Crippen molar-refractivity contribution in [2.75, 3.05) is 20.2 Å². The summed E-state index contributed by atoms with van der Waals surface area (Å²) in [6, 6.07) is 5.16. The summed E-state index contributed by atoms with van der Waals surface area (Å²) in [6.07, 6.45) is 1.77. The second-order valence-electron chi connectivity index (χ2n) is 4.76. The topological polar surface area (TPSA) is 37.4 Å². The van der Waals surface area contributed by atoms with Gasteiger partial charge in [0.1, 0.15) is 0 Å². The number of pyridine rings is 1. The highest BCUT2D eigenvalue weighted by Crippen LogP contribution is 2.18. The highest BCUT2D eigenvalue weighted by Gasteiger charge is 2.23. The third-order valence-electron chi connectivity index (χ3n) is 3.31. The molecule has 0 spiro atoms. The minimum atomic E-state index is 0.550. The van der Waals surface area contributed by atoms with Crippen molar-refractivity contribution >= 4 is 0 Å². The molecule has 2 rings (SSSR count). The third kappa shape index (κ3) is 2.96. The minimum Gasteiger partial charge on any atom is -0.481 e. The highest BCUT2D eigenvalue weighted by molar-refractivity contribution is 5.25. The van der Waals surface area contributed by atoms with Crippen LogP contribution in [0.5, 0.6) is 5.88 Å². The van der Waals surface area contributed by atoms with Crippen LogP contribution in [-0.4, -0.2) is 42.2 Å². The van der Waals surface area contributed by atoms with Crippen molar-refractivity contribution in [3.05, 3.63) is 23.9 Å². The van der Waals surface area contributed by atoms with Gasteiger partial charge in [-0.15, -0.1) is 0 Å². The molecule has 1 aliphatic heterocycles. The van der Waals surface area contributed by atoms with Gasteiger partial charge in [-0.3, -0.25) is 4.90 Å². The van der Waals surface area contributed by atoms with Crippen molar-refractivity contribution in [1.82, 2.24) is 15.2 Å². The zero-order valence-electron chi connectivity index (χ0n) is 10.8. The van der Waals surface area contributed by atoms with Gasteiger partial charge in [-0.2, -0.15) is 0 Å². The van der Waals surface area contributed by atoms with E-state index in [1.807, 2.05) is 6.07 Å². The second kappa shape index (κ2) is 5.47. The van der Waals surface area contributed by atoms with E-state index in [1.54, 1.807) is 13.3 Å². The number of aromatic nitrogens is 1. The molecule has 0 aliphatic carbocycles. The number of hydrogen-bond acceptors (Lipinski definition) is 4. The molecular weight excluding hydrogens is 214 g/mol. The van der Waals surface area contributed by atoms with Crippen LogP contribution in [0.3, 0.4) is 0 Å². The lowest BCUT2D eigenvalue weighted by Crippen LogP contribution is -2.53. The molecule has 94 valence electrons. The van der Waals surface area contributed by atoms with Crippen LogP contribution in [0.2, 0.25) is 0 Å². The molecule has 0 amide bonds. The fourth-order valence-electron chi connectivity index (χ4n) is 2.26. The molecule has 1 aliphatic rings. The molecular formula is C13H21N3O. The Kier molecular flexibility index (Phi) is 3.97. The lowest BCUT2D eigenvalue weighted by Gasteiger charge is -2.37. The fraction of sp³-hybridized carbons (Fsp3) is 0.615. The average Bonchev–Trinajstić information content (AvgIpc) is 2.34. The van der Waals surface area contributed by atoms with Gasteiger partial charge >= 0.3 is 0 Å². The first kappa shape index (κ1) is 12.3. The van der Waals surface area contributed by atoms with Gasteiger partial charge < -0.3 is 10.1 Å². The largest absolute Gasteiger partial charge is 0.481 e. The van der Waals surface area contributed by atoms with Crippen molar-refractivity contribution in [2.24, 2.45) is 0 Å². The summed E-state index contributed by atoms with van der Waals surface area (Å²) in [5, 5.41) is 3.49. The van der Waals surface area contributed by atoms with Gasteiger partial charge in [0.2, 0.25) is 5.88 Å². The van der Waals surface area contributed by atoms with Crippen molar-refractivity contribution < 1.29 is 4.74 Å². The Bertz CT molecular complexity index is 369. The van der Waals surface area contributed by atoms with Gasteiger partial charge in [0.05, 0.1) is 7.11 Å². The third-order valence-corrected chi connectivity index (χ3v) is 3.31. The number of ether oxygens (including phenoxy) is 1. The Balaban J connectivity index is 2.08. The van der Waals surface area contributed by atoms with Crippen LogP contribution in [0.15, 0.2) is 18.3 Å². The molecule has 0 radical (unpaired) electrons. The number of nitrogens with zero attached hydrogens (tertiary/aromatic N) is 2. The molecule has 0 saturated carbocycles. The van der Waals surface area contributed by atoms with Crippen LogP contribution in [0.1, 0.15) is 19.4 Å². The molecule has 4 heteroatoms. The van der Waals surface area contributed by atoms with E-state index in [-0.39, 0.29) is 0 Å². The lowest BCUT2D eigenvalue weighted by molar-refractivity contribution is 0.137. The van der Waals surface area contributed by atoms with E-state index in [1.165, 1.54) is 0 Å². The molecule has 2 heterocycles. The van der Waals surface area contributed by atoms with Gasteiger partial charge in [-0.1, -0.05) is 6.07 Å². The van der Waals surface area contributed by atoms with E-state index >= 15 is 0 Å². The zero-order chi connectivity index (χ0) is 12.3. The Labute approximate surface area is 103 Å². The molecule has 2 unspecified atom stereocenters. The molecule has 1 N–H and O–H groups in total. The van der Waals surface area contributed by atoms with Crippen molar-refractivity contribution in [3.8, 4) is 5.88 Å². The van der Waals surface area contributed by atoms with E-state index in [9.17, 15) is 0 Å². The predicted molar refractivity (Wildman–Crippen MR) is 68.1 cm³/mol. The molecule has 1 fully saturated rings. The molecule has 0 bridgehead atoms. The summed E-state index contributed by atoms with van der Waals surface area (Å²) >= 11 is 0. The quantitative estimate of drug-likeness (QED) is 0.856. The Morgan fingerprint density at radius 3 is 3.12 bits per heavy atom. The van der Waals surface area contributed by atoms with Crippen molar-refractivity contribution in [2.45, 2.75) is 32.5 Å². The Hall–Kier alpha value is -1.13. The second-order valence-corrected chi connectivity index (χ2v) is 4.76. The molecule has 1 aromatic heterocycles. The first-order chi connectivity index (χ1) is 8.20. The SMILES string of the molecule is COc1ncccc1CN1CC(C)NCC1C. The van der Waals surface area contributed by atoms with E-state index in [2.05, 4.69) is 35.1 Å². The van der Waals surface area contributed by atoms with Crippen LogP contribution in [0.4, 0.5) is 0 Å². The van der Waals surface area contributed by atoms with Crippen molar-refractivity contribution in [3.63, 3.8) is 0 Å². The maximum Gasteiger partial charge on any atom is 0.217 e. The summed E-state index contributed by atoms with van der Waals surface area (Å²) in [7, 11) is 1.68. The molecule has 1 saturated heterocycles. The summed E-state index contributed by atoms with van der Waals surface area (Å²) < 4.78 is 5.30. The lowest BCUT2D eigenvalue weighted by atomic mass is 10.1. The number of piperazine rings is 1. The monoisotopic (exact) mass is 235 g/mol. The summed E-state index contributed by atoms with van der Waals surface area (Å²) in [5.74, 6) is 0.742.